The molecule has 1 amide bonds. The summed E-state index contributed by atoms with van der Waals surface area (Å²) in [5.41, 5.74) is 1.38. The molecule has 0 aliphatic carbocycles. The number of aryl methyl sites for hydroxylation is 2. The third-order valence-corrected chi connectivity index (χ3v) is 5.43. The molecule has 25 heavy (non-hydrogen) atoms. The van der Waals surface area contributed by atoms with Gasteiger partial charge in [-0.2, -0.15) is 0 Å². The van der Waals surface area contributed by atoms with Crippen molar-refractivity contribution in [1.29, 1.82) is 0 Å². The first-order valence-electron chi connectivity index (χ1n) is 9.01. The molecule has 1 aliphatic heterocycles. The van der Waals surface area contributed by atoms with E-state index in [0.717, 1.165) is 38.8 Å². The SMILES string of the molecule is CCc1nnc(SCC(=O)N2CCC[C@H](CCc3ccccc3)C2)o1. The molecule has 0 bridgehead atoms. The Morgan fingerprint density at radius 1 is 1.32 bits per heavy atom. The summed E-state index contributed by atoms with van der Waals surface area (Å²) in [7, 11) is 0. The van der Waals surface area contributed by atoms with Gasteiger partial charge in [-0.15, -0.1) is 10.2 Å². The monoisotopic (exact) mass is 359 g/mol. The lowest BCUT2D eigenvalue weighted by Gasteiger charge is -2.32. The summed E-state index contributed by atoms with van der Waals surface area (Å²) in [5, 5.41) is 8.37. The van der Waals surface area contributed by atoms with Crippen LogP contribution in [-0.4, -0.2) is 39.8 Å². The van der Waals surface area contributed by atoms with Crippen molar-refractivity contribution in [2.45, 2.75) is 44.3 Å². The van der Waals surface area contributed by atoms with Crippen LogP contribution >= 0.6 is 11.8 Å². The van der Waals surface area contributed by atoms with Crippen LogP contribution in [0.15, 0.2) is 40.0 Å². The van der Waals surface area contributed by atoms with E-state index in [0.29, 0.717) is 22.8 Å². The Labute approximate surface area is 153 Å². The second-order valence-corrected chi connectivity index (χ2v) is 7.40. The molecule has 3 rings (SSSR count). The highest BCUT2D eigenvalue weighted by atomic mass is 32.2. The smallest absolute Gasteiger partial charge is 0.277 e. The van der Waals surface area contributed by atoms with E-state index in [2.05, 4.69) is 40.5 Å². The van der Waals surface area contributed by atoms with Gasteiger partial charge in [0.05, 0.1) is 5.75 Å². The Bertz CT molecular complexity index is 674. The van der Waals surface area contributed by atoms with Gasteiger partial charge >= 0.3 is 0 Å². The van der Waals surface area contributed by atoms with Crippen LogP contribution < -0.4 is 0 Å². The van der Waals surface area contributed by atoms with Crippen LogP contribution in [0.2, 0.25) is 0 Å². The topological polar surface area (TPSA) is 59.2 Å². The van der Waals surface area contributed by atoms with Crippen molar-refractivity contribution in [3.8, 4) is 0 Å². The van der Waals surface area contributed by atoms with E-state index in [1.807, 2.05) is 11.8 Å². The fourth-order valence-electron chi connectivity index (χ4n) is 3.20. The van der Waals surface area contributed by atoms with Gasteiger partial charge < -0.3 is 9.32 Å². The Morgan fingerprint density at radius 2 is 2.16 bits per heavy atom. The van der Waals surface area contributed by atoms with E-state index >= 15 is 0 Å². The van der Waals surface area contributed by atoms with E-state index in [-0.39, 0.29) is 5.91 Å². The third kappa shape index (κ3) is 5.33. The largest absolute Gasteiger partial charge is 0.416 e. The molecule has 0 spiro atoms. The molecule has 2 heterocycles. The average molecular weight is 359 g/mol. The van der Waals surface area contributed by atoms with Crippen LogP contribution in [0.25, 0.3) is 0 Å². The first kappa shape index (κ1) is 18.0. The van der Waals surface area contributed by atoms with Gasteiger partial charge in [-0.3, -0.25) is 4.79 Å². The molecule has 1 aromatic carbocycles. The Kier molecular flexibility index (Phi) is 6.50. The number of nitrogens with zero attached hydrogens (tertiary/aromatic N) is 3. The zero-order chi connectivity index (χ0) is 17.5. The van der Waals surface area contributed by atoms with Gasteiger partial charge in [-0.1, -0.05) is 49.0 Å². The summed E-state index contributed by atoms with van der Waals surface area (Å²) in [6.45, 7) is 3.71. The number of hydrogen-bond acceptors (Lipinski definition) is 5. The molecule has 0 saturated carbocycles. The number of rotatable bonds is 7. The fourth-order valence-corrected chi connectivity index (χ4v) is 3.88. The van der Waals surface area contributed by atoms with Crippen LogP contribution in [0.4, 0.5) is 0 Å². The van der Waals surface area contributed by atoms with Crippen molar-refractivity contribution in [2.24, 2.45) is 5.92 Å². The minimum absolute atomic E-state index is 0.172. The maximum Gasteiger partial charge on any atom is 0.277 e. The Hall–Kier alpha value is -1.82. The molecule has 0 radical (unpaired) electrons. The predicted octanol–water partition coefficient (Wildman–Crippen LogP) is 3.60. The van der Waals surface area contributed by atoms with Crippen molar-refractivity contribution in [3.05, 3.63) is 41.8 Å². The number of aromatic nitrogens is 2. The number of benzene rings is 1. The molecule has 0 unspecified atom stereocenters. The van der Waals surface area contributed by atoms with Crippen LogP contribution in [0, 0.1) is 5.92 Å². The Morgan fingerprint density at radius 3 is 2.92 bits per heavy atom. The summed E-state index contributed by atoms with van der Waals surface area (Å²) in [5.74, 6) is 1.76. The van der Waals surface area contributed by atoms with Gasteiger partial charge in [0.15, 0.2) is 0 Å². The molecule has 1 aromatic heterocycles. The summed E-state index contributed by atoms with van der Waals surface area (Å²) < 4.78 is 5.45. The van der Waals surface area contributed by atoms with E-state index in [1.54, 1.807) is 0 Å². The lowest BCUT2D eigenvalue weighted by molar-refractivity contribution is -0.130. The molecule has 1 aliphatic rings. The molecule has 5 nitrogen and oxygen atoms in total. The quantitative estimate of drug-likeness (QED) is 0.707. The highest BCUT2D eigenvalue weighted by Gasteiger charge is 2.24. The molecule has 1 fully saturated rings. The maximum absolute atomic E-state index is 12.5. The van der Waals surface area contributed by atoms with Gasteiger partial charge in [0.2, 0.25) is 11.8 Å². The number of likely N-dealkylation sites (tertiary alicyclic amines) is 1. The van der Waals surface area contributed by atoms with E-state index in [1.165, 1.54) is 23.7 Å². The number of carbonyl (C=O) groups excluding carboxylic acids is 1. The molecular weight excluding hydrogens is 334 g/mol. The van der Waals surface area contributed by atoms with Crippen molar-refractivity contribution in [3.63, 3.8) is 0 Å². The van der Waals surface area contributed by atoms with Crippen molar-refractivity contribution >= 4 is 17.7 Å². The number of thioether (sulfide) groups is 1. The average Bonchev–Trinajstić information content (AvgIpc) is 3.14. The van der Waals surface area contributed by atoms with Crippen molar-refractivity contribution < 1.29 is 9.21 Å². The fraction of sp³-hybridized carbons (Fsp3) is 0.526. The minimum atomic E-state index is 0.172. The third-order valence-electron chi connectivity index (χ3n) is 4.63. The number of hydrogen-bond donors (Lipinski definition) is 0. The molecule has 134 valence electrons. The van der Waals surface area contributed by atoms with Gasteiger partial charge in [-0.25, -0.2) is 0 Å². The van der Waals surface area contributed by atoms with Crippen molar-refractivity contribution in [2.75, 3.05) is 18.8 Å². The second-order valence-electron chi connectivity index (χ2n) is 6.48. The molecule has 1 saturated heterocycles. The first-order valence-corrected chi connectivity index (χ1v) is 10.00. The zero-order valence-corrected chi connectivity index (χ0v) is 15.5. The van der Waals surface area contributed by atoms with Crippen LogP contribution in [0.3, 0.4) is 0 Å². The molecule has 1 atom stereocenters. The summed E-state index contributed by atoms with van der Waals surface area (Å²) >= 11 is 1.34. The zero-order valence-electron chi connectivity index (χ0n) is 14.7. The predicted molar refractivity (Wildman–Crippen MR) is 98.5 cm³/mol. The number of piperidine rings is 1. The normalized spacial score (nSPS) is 17.6. The summed E-state index contributed by atoms with van der Waals surface area (Å²) in [6.07, 6.45) is 5.26. The Balaban J connectivity index is 1.44. The van der Waals surface area contributed by atoms with Gasteiger partial charge in [0, 0.05) is 19.5 Å². The minimum Gasteiger partial charge on any atom is -0.416 e. The first-order chi connectivity index (χ1) is 12.2. The van der Waals surface area contributed by atoms with Gasteiger partial charge in [0.1, 0.15) is 0 Å². The lowest BCUT2D eigenvalue weighted by Crippen LogP contribution is -2.41. The number of amides is 1. The van der Waals surface area contributed by atoms with E-state index < -0.39 is 0 Å². The van der Waals surface area contributed by atoms with Crippen LogP contribution in [-0.2, 0) is 17.6 Å². The lowest BCUT2D eigenvalue weighted by atomic mass is 9.91. The highest BCUT2D eigenvalue weighted by Crippen LogP contribution is 2.23. The number of carbonyl (C=O) groups is 1. The maximum atomic E-state index is 12.5. The standard InChI is InChI=1S/C19H25N3O2S/c1-2-17-20-21-19(24-17)25-14-18(23)22-12-6-9-16(13-22)11-10-15-7-4-3-5-8-15/h3-5,7-8,16H,2,6,9-14H2,1H3/t16-/m1/s1. The van der Waals surface area contributed by atoms with Gasteiger partial charge in [-0.05, 0) is 37.2 Å². The van der Waals surface area contributed by atoms with Gasteiger partial charge in [0.25, 0.3) is 5.22 Å². The van der Waals surface area contributed by atoms with E-state index in [9.17, 15) is 4.79 Å². The molecular formula is C19H25N3O2S. The van der Waals surface area contributed by atoms with Crippen LogP contribution in [0.5, 0.6) is 0 Å². The van der Waals surface area contributed by atoms with E-state index in [4.69, 9.17) is 4.42 Å². The van der Waals surface area contributed by atoms with Crippen molar-refractivity contribution in [1.82, 2.24) is 15.1 Å². The summed E-state index contributed by atoms with van der Waals surface area (Å²) in [6, 6.07) is 10.6. The second kappa shape index (κ2) is 9.04. The molecule has 6 heteroatoms. The molecule has 0 N–H and O–H groups in total. The highest BCUT2D eigenvalue weighted by molar-refractivity contribution is 7.99. The van der Waals surface area contributed by atoms with Crippen LogP contribution in [0.1, 0.15) is 37.6 Å². The summed E-state index contributed by atoms with van der Waals surface area (Å²) in [4.78, 5) is 14.5. The molecule has 2 aromatic rings.